The molecule has 0 radical (unpaired) electrons. The van der Waals surface area contributed by atoms with Gasteiger partial charge in [0.25, 0.3) is 5.69 Å². The van der Waals surface area contributed by atoms with Crippen LogP contribution in [0.25, 0.3) is 5.65 Å². The number of nitro benzene ring substituents is 1. The van der Waals surface area contributed by atoms with Crippen molar-refractivity contribution in [2.24, 2.45) is 10.2 Å². The van der Waals surface area contributed by atoms with Gasteiger partial charge in [-0.25, -0.2) is 9.78 Å². The zero-order chi connectivity index (χ0) is 16.4. The molecule has 0 spiro atoms. The number of nitrogens with zero attached hydrogens (tertiary/aromatic N) is 5. The fourth-order valence-corrected chi connectivity index (χ4v) is 2.00. The average Bonchev–Trinajstić information content (AvgIpc) is 2.92. The molecule has 2 aromatic heterocycles. The molecular formula is C14H9N5O4. The van der Waals surface area contributed by atoms with Crippen molar-refractivity contribution in [1.82, 2.24) is 9.38 Å². The van der Waals surface area contributed by atoms with Gasteiger partial charge in [-0.3, -0.25) is 14.5 Å². The normalized spacial score (nSPS) is 11.1. The van der Waals surface area contributed by atoms with E-state index in [0.717, 1.165) is 0 Å². The number of rotatable bonds is 4. The summed E-state index contributed by atoms with van der Waals surface area (Å²) in [7, 11) is 0. The van der Waals surface area contributed by atoms with Crippen LogP contribution in [0.1, 0.15) is 10.5 Å². The third kappa shape index (κ3) is 2.75. The monoisotopic (exact) mass is 311 g/mol. The molecule has 0 amide bonds. The summed E-state index contributed by atoms with van der Waals surface area (Å²) in [5, 5.41) is 27.7. The van der Waals surface area contributed by atoms with Crippen LogP contribution in [0.2, 0.25) is 0 Å². The molecule has 0 atom stereocenters. The van der Waals surface area contributed by atoms with Crippen molar-refractivity contribution in [2.45, 2.75) is 0 Å². The Hall–Kier alpha value is -3.62. The largest absolute Gasteiger partial charge is 0.476 e. The van der Waals surface area contributed by atoms with Crippen molar-refractivity contribution >= 4 is 28.8 Å². The molecular weight excluding hydrogens is 302 g/mol. The van der Waals surface area contributed by atoms with Crippen molar-refractivity contribution < 1.29 is 14.8 Å². The van der Waals surface area contributed by atoms with Crippen LogP contribution in [0, 0.1) is 10.1 Å². The van der Waals surface area contributed by atoms with E-state index >= 15 is 0 Å². The van der Waals surface area contributed by atoms with E-state index in [0.29, 0.717) is 5.65 Å². The molecule has 0 aliphatic rings. The maximum absolute atomic E-state index is 11.3. The minimum absolute atomic E-state index is 0.0413. The van der Waals surface area contributed by atoms with Gasteiger partial charge in [0.05, 0.1) is 10.6 Å². The average molecular weight is 311 g/mol. The number of benzene rings is 1. The third-order valence-electron chi connectivity index (χ3n) is 3.01. The summed E-state index contributed by atoms with van der Waals surface area (Å²) in [4.78, 5) is 25.5. The van der Waals surface area contributed by atoms with Crippen LogP contribution in [-0.4, -0.2) is 25.4 Å². The van der Waals surface area contributed by atoms with Gasteiger partial charge in [-0.15, -0.1) is 10.2 Å². The SMILES string of the molecule is O=C(O)c1nc2ccccn2c1N=Nc1cccc([N+](=O)[O-])c1. The molecule has 0 unspecified atom stereocenters. The first kappa shape index (κ1) is 14.3. The number of carboxylic acid groups (broad SMARTS) is 1. The number of carboxylic acids is 1. The van der Waals surface area contributed by atoms with E-state index < -0.39 is 10.9 Å². The van der Waals surface area contributed by atoms with E-state index in [1.165, 1.54) is 28.7 Å². The molecule has 2 heterocycles. The Balaban J connectivity index is 2.07. The summed E-state index contributed by atoms with van der Waals surface area (Å²) in [6.07, 6.45) is 1.61. The Kier molecular flexibility index (Phi) is 3.51. The number of nitro groups is 1. The second-order valence-corrected chi connectivity index (χ2v) is 4.49. The van der Waals surface area contributed by atoms with Crippen molar-refractivity contribution in [1.29, 1.82) is 0 Å². The summed E-state index contributed by atoms with van der Waals surface area (Å²) in [6.45, 7) is 0. The molecule has 0 aliphatic carbocycles. The highest BCUT2D eigenvalue weighted by atomic mass is 16.6. The Morgan fingerprint density at radius 2 is 2.04 bits per heavy atom. The molecule has 3 aromatic rings. The summed E-state index contributed by atoms with van der Waals surface area (Å²) in [6, 6.07) is 10.6. The Morgan fingerprint density at radius 3 is 2.78 bits per heavy atom. The van der Waals surface area contributed by atoms with Gasteiger partial charge in [-0.2, -0.15) is 0 Å². The second kappa shape index (κ2) is 5.64. The lowest BCUT2D eigenvalue weighted by Gasteiger charge is -1.96. The summed E-state index contributed by atoms with van der Waals surface area (Å²) in [5.74, 6) is -1.19. The van der Waals surface area contributed by atoms with Gasteiger partial charge in [0.15, 0.2) is 11.5 Å². The molecule has 23 heavy (non-hydrogen) atoms. The zero-order valence-electron chi connectivity index (χ0n) is 11.5. The number of carbonyl (C=O) groups is 1. The molecule has 1 aromatic carbocycles. The minimum atomic E-state index is -1.23. The van der Waals surface area contributed by atoms with E-state index in [9.17, 15) is 20.0 Å². The zero-order valence-corrected chi connectivity index (χ0v) is 11.5. The van der Waals surface area contributed by atoms with Gasteiger partial charge in [-0.05, 0) is 18.2 Å². The summed E-state index contributed by atoms with van der Waals surface area (Å²) < 4.78 is 1.48. The number of aromatic nitrogens is 2. The Bertz CT molecular complexity index is 947. The highest BCUT2D eigenvalue weighted by Gasteiger charge is 2.18. The van der Waals surface area contributed by atoms with E-state index in [1.807, 2.05) is 0 Å². The molecule has 0 aliphatic heterocycles. The quantitative estimate of drug-likeness (QED) is 0.449. The molecule has 0 fully saturated rings. The molecule has 114 valence electrons. The topological polar surface area (TPSA) is 122 Å². The highest BCUT2D eigenvalue weighted by Crippen LogP contribution is 2.25. The van der Waals surface area contributed by atoms with Gasteiger partial charge < -0.3 is 5.11 Å². The smallest absolute Gasteiger partial charge is 0.358 e. The van der Waals surface area contributed by atoms with E-state index in [2.05, 4.69) is 15.2 Å². The van der Waals surface area contributed by atoms with Crippen LogP contribution in [0.5, 0.6) is 0 Å². The van der Waals surface area contributed by atoms with Crippen molar-refractivity contribution in [3.05, 3.63) is 64.5 Å². The summed E-state index contributed by atoms with van der Waals surface area (Å²) >= 11 is 0. The van der Waals surface area contributed by atoms with E-state index in [1.54, 1.807) is 24.4 Å². The molecule has 0 saturated heterocycles. The number of imidazole rings is 1. The minimum Gasteiger partial charge on any atom is -0.476 e. The molecule has 3 rings (SSSR count). The number of aromatic carboxylic acids is 1. The number of pyridine rings is 1. The molecule has 9 heteroatoms. The first-order valence-corrected chi connectivity index (χ1v) is 6.43. The van der Waals surface area contributed by atoms with Gasteiger partial charge in [0.2, 0.25) is 0 Å². The maximum Gasteiger partial charge on any atom is 0.358 e. The molecule has 0 saturated carbocycles. The van der Waals surface area contributed by atoms with E-state index in [-0.39, 0.29) is 22.9 Å². The van der Waals surface area contributed by atoms with Gasteiger partial charge >= 0.3 is 5.97 Å². The van der Waals surface area contributed by atoms with Gasteiger partial charge in [0.1, 0.15) is 5.65 Å². The molecule has 1 N–H and O–H groups in total. The Labute approximate surface area is 128 Å². The van der Waals surface area contributed by atoms with Crippen molar-refractivity contribution in [2.75, 3.05) is 0 Å². The van der Waals surface area contributed by atoms with Crippen LogP contribution in [-0.2, 0) is 0 Å². The predicted molar refractivity (Wildman–Crippen MR) is 79.4 cm³/mol. The van der Waals surface area contributed by atoms with Crippen LogP contribution in [0.4, 0.5) is 17.2 Å². The standard InChI is InChI=1S/C14H9N5O4/c20-14(21)12-13(18-7-2-1-6-11(18)15-12)17-16-9-4-3-5-10(8-9)19(22)23/h1-8H,(H,20,21). The number of non-ortho nitro benzene ring substituents is 1. The summed E-state index contributed by atoms with van der Waals surface area (Å²) in [5.41, 5.74) is 0.280. The fourth-order valence-electron chi connectivity index (χ4n) is 2.00. The number of azo groups is 1. The lowest BCUT2D eigenvalue weighted by molar-refractivity contribution is -0.384. The van der Waals surface area contributed by atoms with Crippen LogP contribution < -0.4 is 0 Å². The number of hydrogen-bond donors (Lipinski definition) is 1. The second-order valence-electron chi connectivity index (χ2n) is 4.49. The lowest BCUT2D eigenvalue weighted by atomic mass is 10.3. The first-order valence-electron chi connectivity index (χ1n) is 6.43. The Morgan fingerprint density at radius 1 is 1.22 bits per heavy atom. The first-order chi connectivity index (χ1) is 11.1. The lowest BCUT2D eigenvalue weighted by Crippen LogP contribution is -1.96. The van der Waals surface area contributed by atoms with Crippen molar-refractivity contribution in [3.63, 3.8) is 0 Å². The fraction of sp³-hybridized carbons (Fsp3) is 0. The van der Waals surface area contributed by atoms with E-state index in [4.69, 9.17) is 0 Å². The molecule has 9 nitrogen and oxygen atoms in total. The highest BCUT2D eigenvalue weighted by molar-refractivity contribution is 5.91. The van der Waals surface area contributed by atoms with Crippen LogP contribution in [0.15, 0.2) is 58.9 Å². The predicted octanol–water partition coefficient (Wildman–Crippen LogP) is 3.36. The van der Waals surface area contributed by atoms with Gasteiger partial charge in [0, 0.05) is 18.3 Å². The third-order valence-corrected chi connectivity index (χ3v) is 3.01. The number of hydrogen-bond acceptors (Lipinski definition) is 6. The number of fused-ring (bicyclic) bond motifs is 1. The van der Waals surface area contributed by atoms with Crippen LogP contribution >= 0.6 is 0 Å². The van der Waals surface area contributed by atoms with Crippen LogP contribution in [0.3, 0.4) is 0 Å². The van der Waals surface area contributed by atoms with Gasteiger partial charge in [-0.1, -0.05) is 12.1 Å². The maximum atomic E-state index is 11.3. The molecule has 0 bridgehead atoms. The van der Waals surface area contributed by atoms with Crippen molar-refractivity contribution in [3.8, 4) is 0 Å².